The van der Waals surface area contributed by atoms with E-state index in [0.717, 1.165) is 0 Å². The van der Waals surface area contributed by atoms with E-state index in [4.69, 9.17) is 9.63 Å². The highest BCUT2D eigenvalue weighted by Crippen LogP contribution is 2.18. The van der Waals surface area contributed by atoms with Crippen molar-refractivity contribution < 1.29 is 19.2 Å². The van der Waals surface area contributed by atoms with Gasteiger partial charge < -0.3 is 14.5 Å². The Morgan fingerprint density at radius 1 is 1.42 bits per heavy atom. The summed E-state index contributed by atoms with van der Waals surface area (Å²) in [6, 6.07) is -0.367. The molecule has 1 amide bonds. The van der Waals surface area contributed by atoms with Crippen LogP contribution in [0.3, 0.4) is 0 Å². The Morgan fingerprint density at radius 2 is 2.05 bits per heavy atom. The van der Waals surface area contributed by atoms with Gasteiger partial charge >= 0.3 is 5.97 Å². The van der Waals surface area contributed by atoms with Crippen molar-refractivity contribution in [2.75, 3.05) is 6.54 Å². The van der Waals surface area contributed by atoms with Gasteiger partial charge in [-0.15, -0.1) is 0 Å². The van der Waals surface area contributed by atoms with E-state index in [-0.39, 0.29) is 18.4 Å². The van der Waals surface area contributed by atoms with Gasteiger partial charge in [-0.1, -0.05) is 12.1 Å². The molecule has 0 bridgehead atoms. The second kappa shape index (κ2) is 6.36. The number of carboxylic acids is 1. The summed E-state index contributed by atoms with van der Waals surface area (Å²) < 4.78 is 5.05. The minimum absolute atomic E-state index is 0.0780. The predicted molar refractivity (Wildman–Crippen MR) is 69.0 cm³/mol. The van der Waals surface area contributed by atoms with Gasteiger partial charge in [0.2, 0.25) is 0 Å². The monoisotopic (exact) mass is 268 g/mol. The maximum absolute atomic E-state index is 12.5. The maximum atomic E-state index is 12.5. The SMILES string of the molecule is CCc1noc(C)c1C(=O)N(CC)C(C)CC(=O)O. The van der Waals surface area contributed by atoms with Gasteiger partial charge in [-0.25, -0.2) is 0 Å². The quantitative estimate of drug-likeness (QED) is 0.851. The van der Waals surface area contributed by atoms with Crippen molar-refractivity contribution in [1.82, 2.24) is 10.1 Å². The fourth-order valence-corrected chi connectivity index (χ4v) is 2.10. The largest absolute Gasteiger partial charge is 0.481 e. The lowest BCUT2D eigenvalue weighted by Crippen LogP contribution is -2.40. The average molecular weight is 268 g/mol. The second-order valence-electron chi connectivity index (χ2n) is 4.45. The first-order valence-corrected chi connectivity index (χ1v) is 6.40. The molecule has 0 aliphatic heterocycles. The van der Waals surface area contributed by atoms with E-state index >= 15 is 0 Å². The summed E-state index contributed by atoms with van der Waals surface area (Å²) in [7, 11) is 0. The molecule has 0 aliphatic rings. The zero-order chi connectivity index (χ0) is 14.6. The van der Waals surface area contributed by atoms with E-state index < -0.39 is 5.97 Å². The van der Waals surface area contributed by atoms with Crippen LogP contribution < -0.4 is 0 Å². The van der Waals surface area contributed by atoms with Crippen molar-refractivity contribution >= 4 is 11.9 Å². The summed E-state index contributed by atoms with van der Waals surface area (Å²) in [5.74, 6) is -0.661. The Labute approximate surface area is 112 Å². The van der Waals surface area contributed by atoms with Gasteiger partial charge in [0, 0.05) is 12.6 Å². The van der Waals surface area contributed by atoms with E-state index in [1.54, 1.807) is 13.8 Å². The van der Waals surface area contributed by atoms with Crippen LogP contribution in [0.15, 0.2) is 4.52 Å². The molecular weight excluding hydrogens is 248 g/mol. The number of carbonyl (C=O) groups excluding carboxylic acids is 1. The molecule has 0 saturated heterocycles. The minimum atomic E-state index is -0.920. The van der Waals surface area contributed by atoms with E-state index in [1.165, 1.54) is 4.90 Å². The van der Waals surface area contributed by atoms with Gasteiger partial charge in [-0.05, 0) is 27.2 Å². The Kier molecular flexibility index (Phi) is 5.09. The number of nitrogens with zero attached hydrogens (tertiary/aromatic N) is 2. The predicted octanol–water partition coefficient (Wildman–Crippen LogP) is 1.87. The standard InChI is InChI=1S/C13H20N2O4/c1-5-10-12(9(4)19-14-10)13(18)15(6-2)8(3)7-11(16)17/h8H,5-7H2,1-4H3,(H,16,17). The Balaban J connectivity index is 3.01. The van der Waals surface area contributed by atoms with Crippen molar-refractivity contribution in [3.63, 3.8) is 0 Å². The molecule has 1 unspecified atom stereocenters. The number of carbonyl (C=O) groups is 2. The first-order valence-electron chi connectivity index (χ1n) is 6.40. The molecule has 0 saturated carbocycles. The molecule has 0 fully saturated rings. The molecule has 106 valence electrons. The average Bonchev–Trinajstić information content (AvgIpc) is 2.70. The number of amides is 1. The fourth-order valence-electron chi connectivity index (χ4n) is 2.10. The molecule has 1 heterocycles. The van der Waals surface area contributed by atoms with Crippen LogP contribution in [0.25, 0.3) is 0 Å². The highest BCUT2D eigenvalue weighted by molar-refractivity contribution is 5.96. The molecule has 1 atom stereocenters. The zero-order valence-corrected chi connectivity index (χ0v) is 11.8. The van der Waals surface area contributed by atoms with E-state index in [0.29, 0.717) is 30.0 Å². The molecule has 0 radical (unpaired) electrons. The van der Waals surface area contributed by atoms with Crippen LogP contribution >= 0.6 is 0 Å². The normalized spacial score (nSPS) is 12.2. The maximum Gasteiger partial charge on any atom is 0.305 e. The molecule has 6 heteroatoms. The number of rotatable bonds is 6. The van der Waals surface area contributed by atoms with E-state index in [9.17, 15) is 9.59 Å². The Bertz CT molecular complexity index is 467. The molecule has 0 spiro atoms. The van der Waals surface area contributed by atoms with Crippen molar-refractivity contribution in [3.8, 4) is 0 Å². The van der Waals surface area contributed by atoms with E-state index in [1.807, 2.05) is 13.8 Å². The molecule has 19 heavy (non-hydrogen) atoms. The summed E-state index contributed by atoms with van der Waals surface area (Å²) in [6.07, 6.45) is 0.522. The minimum Gasteiger partial charge on any atom is -0.481 e. The molecule has 0 aliphatic carbocycles. The molecule has 0 aromatic carbocycles. The number of aryl methyl sites for hydroxylation is 2. The number of aliphatic carboxylic acids is 1. The molecule has 1 aromatic heterocycles. The van der Waals surface area contributed by atoms with Gasteiger partial charge in [0.05, 0.1) is 12.1 Å². The van der Waals surface area contributed by atoms with Crippen molar-refractivity contribution in [1.29, 1.82) is 0 Å². The van der Waals surface area contributed by atoms with Crippen LogP contribution in [-0.4, -0.2) is 39.6 Å². The smallest absolute Gasteiger partial charge is 0.305 e. The van der Waals surface area contributed by atoms with Gasteiger partial charge in [0.15, 0.2) is 0 Å². The van der Waals surface area contributed by atoms with Gasteiger partial charge in [0.25, 0.3) is 5.91 Å². The summed E-state index contributed by atoms with van der Waals surface area (Å²) in [5.41, 5.74) is 1.07. The topological polar surface area (TPSA) is 83.6 Å². The third-order valence-corrected chi connectivity index (χ3v) is 3.09. The first-order chi connectivity index (χ1) is 8.92. The second-order valence-corrected chi connectivity index (χ2v) is 4.45. The van der Waals surface area contributed by atoms with E-state index in [2.05, 4.69) is 5.16 Å². The molecule has 1 N–H and O–H groups in total. The Hall–Kier alpha value is -1.85. The molecule has 1 aromatic rings. The van der Waals surface area contributed by atoms with Crippen LogP contribution in [-0.2, 0) is 11.2 Å². The highest BCUT2D eigenvalue weighted by atomic mass is 16.5. The number of aromatic nitrogens is 1. The zero-order valence-electron chi connectivity index (χ0n) is 11.8. The van der Waals surface area contributed by atoms with Gasteiger partial charge in [-0.2, -0.15) is 0 Å². The van der Waals surface area contributed by atoms with Crippen LogP contribution in [0.2, 0.25) is 0 Å². The lowest BCUT2D eigenvalue weighted by atomic mass is 10.1. The van der Waals surface area contributed by atoms with Crippen molar-refractivity contribution in [2.45, 2.75) is 46.6 Å². The Morgan fingerprint density at radius 3 is 2.53 bits per heavy atom. The molecule has 6 nitrogen and oxygen atoms in total. The summed E-state index contributed by atoms with van der Waals surface area (Å²) >= 11 is 0. The van der Waals surface area contributed by atoms with Crippen molar-refractivity contribution in [3.05, 3.63) is 17.0 Å². The number of hydrogen-bond acceptors (Lipinski definition) is 4. The summed E-state index contributed by atoms with van der Waals surface area (Å²) in [6.45, 7) is 7.58. The third-order valence-electron chi connectivity index (χ3n) is 3.09. The molecule has 1 rings (SSSR count). The van der Waals surface area contributed by atoms with Crippen molar-refractivity contribution in [2.24, 2.45) is 0 Å². The first kappa shape index (κ1) is 15.2. The number of carboxylic acid groups (broad SMARTS) is 1. The highest BCUT2D eigenvalue weighted by Gasteiger charge is 2.27. The summed E-state index contributed by atoms with van der Waals surface area (Å²) in [4.78, 5) is 24.8. The lowest BCUT2D eigenvalue weighted by molar-refractivity contribution is -0.138. The summed E-state index contributed by atoms with van der Waals surface area (Å²) in [5, 5.41) is 12.7. The lowest BCUT2D eigenvalue weighted by Gasteiger charge is -2.27. The van der Waals surface area contributed by atoms with Gasteiger partial charge in [0.1, 0.15) is 11.3 Å². The van der Waals surface area contributed by atoms with Crippen LogP contribution in [0.5, 0.6) is 0 Å². The molecular formula is C13H20N2O4. The van der Waals surface area contributed by atoms with Crippen LogP contribution in [0, 0.1) is 6.92 Å². The van der Waals surface area contributed by atoms with Crippen LogP contribution in [0.4, 0.5) is 0 Å². The van der Waals surface area contributed by atoms with Crippen LogP contribution in [0.1, 0.15) is 49.0 Å². The number of hydrogen-bond donors (Lipinski definition) is 1. The fraction of sp³-hybridized carbons (Fsp3) is 0.615. The third kappa shape index (κ3) is 3.33. The van der Waals surface area contributed by atoms with Gasteiger partial charge in [-0.3, -0.25) is 9.59 Å².